The van der Waals surface area contributed by atoms with Gasteiger partial charge in [0.1, 0.15) is 18.0 Å². The Bertz CT molecular complexity index is 1040. The van der Waals surface area contributed by atoms with Crippen LogP contribution >= 0.6 is 23.4 Å². The van der Waals surface area contributed by atoms with Crippen LogP contribution in [0.25, 0.3) is 0 Å². The number of hydrogen-bond donors (Lipinski definition) is 0. The summed E-state index contributed by atoms with van der Waals surface area (Å²) in [5.41, 5.74) is -0.0798. The third-order valence-corrected chi connectivity index (χ3v) is 6.00. The van der Waals surface area contributed by atoms with Gasteiger partial charge in [0.05, 0.1) is 6.54 Å². The van der Waals surface area contributed by atoms with Gasteiger partial charge in [-0.2, -0.15) is 5.10 Å². The molecule has 29 heavy (non-hydrogen) atoms. The van der Waals surface area contributed by atoms with Gasteiger partial charge in [0.15, 0.2) is 16.8 Å². The minimum atomic E-state index is -1.08. The summed E-state index contributed by atoms with van der Waals surface area (Å²) in [6.45, 7) is 6.42. The van der Waals surface area contributed by atoms with Gasteiger partial charge in [0, 0.05) is 15.3 Å². The lowest BCUT2D eigenvalue weighted by atomic mass is 9.91. The first kappa shape index (κ1) is 20.3. The van der Waals surface area contributed by atoms with E-state index in [4.69, 9.17) is 16.3 Å². The van der Waals surface area contributed by atoms with Gasteiger partial charge >= 0.3 is 0 Å². The van der Waals surface area contributed by atoms with E-state index in [9.17, 15) is 8.78 Å². The second-order valence-corrected chi connectivity index (χ2v) is 10.2. The standard InChI is InChI=1S/C21H20ClF2N3OS/c1-20(2,3)29-19-25-12-26-27(19)11-21(15-5-4-6-16(23)17(15)24)18(28-21)13-7-9-14(22)10-8-13/h4-10,12,18H,11H2,1-3H3. The molecule has 2 aromatic carbocycles. The first-order valence-electron chi connectivity index (χ1n) is 9.14. The predicted molar refractivity (Wildman–Crippen MR) is 109 cm³/mol. The number of rotatable bonds is 5. The molecule has 2 heterocycles. The number of aromatic nitrogens is 3. The average molecular weight is 436 g/mol. The molecule has 2 atom stereocenters. The maximum Gasteiger partial charge on any atom is 0.186 e. The molecule has 1 fully saturated rings. The molecule has 0 saturated carbocycles. The van der Waals surface area contributed by atoms with Gasteiger partial charge in [-0.15, -0.1) is 0 Å². The summed E-state index contributed by atoms with van der Waals surface area (Å²) < 4.78 is 36.5. The number of nitrogens with zero attached hydrogens (tertiary/aromatic N) is 3. The van der Waals surface area contributed by atoms with Crippen LogP contribution < -0.4 is 0 Å². The van der Waals surface area contributed by atoms with E-state index in [2.05, 4.69) is 30.9 Å². The highest BCUT2D eigenvalue weighted by Gasteiger charge is 2.60. The van der Waals surface area contributed by atoms with Gasteiger partial charge in [-0.1, -0.05) is 68.4 Å². The summed E-state index contributed by atoms with van der Waals surface area (Å²) in [6.07, 6.45) is 1.01. The molecule has 2 unspecified atom stereocenters. The minimum Gasteiger partial charge on any atom is -0.354 e. The quantitative estimate of drug-likeness (QED) is 0.377. The third kappa shape index (κ3) is 4.04. The van der Waals surface area contributed by atoms with Crippen molar-refractivity contribution in [1.82, 2.24) is 14.8 Å². The van der Waals surface area contributed by atoms with Crippen molar-refractivity contribution < 1.29 is 13.5 Å². The Hall–Kier alpha value is -1.96. The molecule has 0 aliphatic carbocycles. The van der Waals surface area contributed by atoms with Crippen LogP contribution in [0, 0.1) is 11.6 Å². The second-order valence-electron chi connectivity index (χ2n) is 7.96. The van der Waals surface area contributed by atoms with Crippen LogP contribution in [0.3, 0.4) is 0 Å². The summed E-state index contributed by atoms with van der Waals surface area (Å²) in [6, 6.07) is 11.3. The Kier molecular flexibility index (Phi) is 5.17. The highest BCUT2D eigenvalue weighted by Crippen LogP contribution is 2.59. The molecule has 152 valence electrons. The van der Waals surface area contributed by atoms with Crippen molar-refractivity contribution in [3.63, 3.8) is 0 Å². The van der Waals surface area contributed by atoms with E-state index in [0.717, 1.165) is 11.6 Å². The van der Waals surface area contributed by atoms with Gasteiger partial charge in [-0.05, 0) is 23.8 Å². The number of ether oxygens (including phenoxy) is 1. The van der Waals surface area contributed by atoms with Gasteiger partial charge in [0.2, 0.25) is 0 Å². The highest BCUT2D eigenvalue weighted by atomic mass is 35.5. The van der Waals surface area contributed by atoms with Crippen molar-refractivity contribution in [2.45, 2.75) is 48.9 Å². The van der Waals surface area contributed by atoms with E-state index >= 15 is 0 Å². The third-order valence-electron chi connectivity index (χ3n) is 4.64. The Labute approximate surface area is 177 Å². The molecule has 8 heteroatoms. The molecule has 1 aliphatic rings. The van der Waals surface area contributed by atoms with Crippen LogP contribution in [-0.2, 0) is 16.9 Å². The molecule has 0 radical (unpaired) electrons. The maximum absolute atomic E-state index is 14.8. The number of thioether (sulfide) groups is 1. The van der Waals surface area contributed by atoms with Crippen molar-refractivity contribution in [2.75, 3.05) is 0 Å². The fourth-order valence-corrected chi connectivity index (χ4v) is 4.32. The Balaban J connectivity index is 1.74. The molecule has 0 bridgehead atoms. The zero-order chi connectivity index (χ0) is 20.8. The summed E-state index contributed by atoms with van der Waals surface area (Å²) in [4.78, 5) is 4.33. The van der Waals surface area contributed by atoms with E-state index in [1.54, 1.807) is 34.6 Å². The predicted octanol–water partition coefficient (Wildman–Crippen LogP) is 5.77. The lowest BCUT2D eigenvalue weighted by Gasteiger charge is -2.20. The van der Waals surface area contributed by atoms with E-state index in [1.165, 1.54) is 12.4 Å². The fourth-order valence-electron chi connectivity index (χ4n) is 3.33. The lowest BCUT2D eigenvalue weighted by molar-refractivity contribution is 0.249. The molecule has 1 saturated heterocycles. The number of epoxide rings is 1. The molecule has 1 aromatic heterocycles. The Morgan fingerprint density at radius 1 is 1.17 bits per heavy atom. The Morgan fingerprint density at radius 3 is 2.59 bits per heavy atom. The summed E-state index contributed by atoms with van der Waals surface area (Å²) in [5.74, 6) is -1.82. The topological polar surface area (TPSA) is 43.2 Å². The largest absolute Gasteiger partial charge is 0.354 e. The maximum atomic E-state index is 14.8. The molecular formula is C21H20ClF2N3OS. The molecule has 4 rings (SSSR count). The van der Waals surface area contributed by atoms with Crippen LogP contribution in [-0.4, -0.2) is 19.5 Å². The SMILES string of the molecule is CC(C)(C)Sc1ncnn1CC1(c2cccc(F)c2F)OC1c1ccc(Cl)cc1. The molecule has 1 aliphatic heterocycles. The van der Waals surface area contributed by atoms with Gasteiger partial charge in [0.25, 0.3) is 0 Å². The molecule has 0 spiro atoms. The van der Waals surface area contributed by atoms with Crippen molar-refractivity contribution >= 4 is 23.4 Å². The average Bonchev–Trinajstić information content (AvgIpc) is 3.22. The first-order valence-corrected chi connectivity index (χ1v) is 10.3. The van der Waals surface area contributed by atoms with E-state index in [-0.39, 0.29) is 16.9 Å². The van der Waals surface area contributed by atoms with Crippen molar-refractivity contribution in [3.8, 4) is 0 Å². The number of halogens is 3. The summed E-state index contributed by atoms with van der Waals surface area (Å²) >= 11 is 7.55. The fraction of sp³-hybridized carbons (Fsp3) is 0.333. The summed E-state index contributed by atoms with van der Waals surface area (Å²) in [7, 11) is 0. The number of benzene rings is 2. The lowest BCUT2D eigenvalue weighted by Crippen LogP contribution is -2.23. The molecule has 3 aromatic rings. The summed E-state index contributed by atoms with van der Waals surface area (Å²) in [5, 5.41) is 5.60. The number of hydrogen-bond acceptors (Lipinski definition) is 4. The van der Waals surface area contributed by atoms with Crippen LogP contribution in [0.4, 0.5) is 8.78 Å². The van der Waals surface area contributed by atoms with Crippen molar-refractivity contribution in [2.24, 2.45) is 0 Å². The van der Waals surface area contributed by atoms with E-state index < -0.39 is 23.3 Å². The van der Waals surface area contributed by atoms with Crippen molar-refractivity contribution in [1.29, 1.82) is 0 Å². The first-order chi connectivity index (χ1) is 13.7. The zero-order valence-electron chi connectivity index (χ0n) is 16.2. The van der Waals surface area contributed by atoms with Gasteiger partial charge in [-0.25, -0.2) is 18.4 Å². The van der Waals surface area contributed by atoms with Crippen LogP contribution in [0.5, 0.6) is 0 Å². The normalized spacial score (nSPS) is 21.4. The zero-order valence-corrected chi connectivity index (χ0v) is 17.8. The molecule has 0 amide bonds. The van der Waals surface area contributed by atoms with Crippen molar-refractivity contribution in [3.05, 3.63) is 76.6 Å². The smallest absolute Gasteiger partial charge is 0.186 e. The van der Waals surface area contributed by atoms with Gasteiger partial charge in [-0.3, -0.25) is 0 Å². The second kappa shape index (κ2) is 7.38. The monoisotopic (exact) mass is 435 g/mol. The van der Waals surface area contributed by atoms with Crippen LogP contribution in [0.2, 0.25) is 5.02 Å². The van der Waals surface area contributed by atoms with E-state index in [1.807, 2.05) is 12.1 Å². The van der Waals surface area contributed by atoms with Crippen LogP contribution in [0.1, 0.15) is 38.0 Å². The highest BCUT2D eigenvalue weighted by molar-refractivity contribution is 8.00. The van der Waals surface area contributed by atoms with Crippen LogP contribution in [0.15, 0.2) is 53.9 Å². The van der Waals surface area contributed by atoms with Gasteiger partial charge < -0.3 is 4.74 Å². The van der Waals surface area contributed by atoms with E-state index in [0.29, 0.717) is 10.2 Å². The Morgan fingerprint density at radius 2 is 1.90 bits per heavy atom. The molecule has 4 nitrogen and oxygen atoms in total. The molecule has 0 N–H and O–H groups in total. The molecular weight excluding hydrogens is 416 g/mol. The minimum absolute atomic E-state index is 0.0813.